The third kappa shape index (κ3) is 24.5. The molecule has 0 aromatic carbocycles. The normalized spacial score (nSPS) is 12.2. The summed E-state index contributed by atoms with van der Waals surface area (Å²) in [7, 11) is 0. The number of aliphatic carboxylic acids is 1. The van der Waals surface area contributed by atoms with Gasteiger partial charge in [0.05, 0.1) is 5.57 Å². The molecule has 0 aromatic rings. The van der Waals surface area contributed by atoms with Crippen molar-refractivity contribution in [1.29, 1.82) is 0 Å². The van der Waals surface area contributed by atoms with Gasteiger partial charge in [-0.2, -0.15) is 0 Å². The molecule has 0 aliphatic rings. The van der Waals surface area contributed by atoms with Crippen molar-refractivity contribution in [3.05, 3.63) is 11.3 Å². The van der Waals surface area contributed by atoms with E-state index in [-0.39, 0.29) is 11.3 Å². The van der Waals surface area contributed by atoms with Crippen LogP contribution in [0.25, 0.3) is 0 Å². The smallest absolute Gasteiger partial charge is 0.334 e. The highest BCUT2D eigenvalue weighted by atomic mass is 16.4. The number of unbranched alkanes of at least 4 members (excludes halogenated alkanes) is 23. The van der Waals surface area contributed by atoms with E-state index >= 15 is 0 Å². The van der Waals surface area contributed by atoms with Gasteiger partial charge in [-0.05, 0) is 19.3 Å². The lowest BCUT2D eigenvalue weighted by Crippen LogP contribution is -2.05. The van der Waals surface area contributed by atoms with Crippen LogP contribution in [0.4, 0.5) is 0 Å². The Morgan fingerprint density at radius 3 is 0.943 bits per heavy atom. The number of carboxylic acid groups (broad SMARTS) is 1. The largest absolute Gasteiger partial charge is 0.512 e. The number of aliphatic hydroxyl groups excluding tert-OH is 1. The van der Waals surface area contributed by atoms with E-state index in [0.29, 0.717) is 12.8 Å². The SMILES string of the molecule is CCCCCCCCCCCCCCCC(O)=C(CCCCCCCCCCCCCC)C(=O)O. The molecule has 0 radical (unpaired) electrons. The summed E-state index contributed by atoms with van der Waals surface area (Å²) < 4.78 is 0. The molecule has 0 saturated carbocycles. The first-order chi connectivity index (χ1) is 17.1. The van der Waals surface area contributed by atoms with E-state index in [9.17, 15) is 15.0 Å². The Labute approximate surface area is 219 Å². The van der Waals surface area contributed by atoms with Crippen molar-refractivity contribution >= 4 is 5.97 Å². The summed E-state index contributed by atoms with van der Waals surface area (Å²) in [5.41, 5.74) is 0.260. The van der Waals surface area contributed by atoms with E-state index < -0.39 is 5.97 Å². The maximum Gasteiger partial charge on any atom is 0.334 e. The zero-order valence-corrected chi connectivity index (χ0v) is 23.9. The number of rotatable bonds is 28. The second-order valence-corrected chi connectivity index (χ2v) is 10.9. The van der Waals surface area contributed by atoms with Gasteiger partial charge in [0.15, 0.2) is 0 Å². The average molecular weight is 495 g/mol. The molecule has 0 bridgehead atoms. The molecule has 0 atom stereocenters. The molecule has 0 amide bonds. The van der Waals surface area contributed by atoms with Gasteiger partial charge in [-0.3, -0.25) is 0 Å². The van der Waals surface area contributed by atoms with Crippen LogP contribution in [0.15, 0.2) is 11.3 Å². The van der Waals surface area contributed by atoms with Gasteiger partial charge in [0.25, 0.3) is 0 Å². The van der Waals surface area contributed by atoms with Gasteiger partial charge in [0.2, 0.25) is 0 Å². The predicted molar refractivity (Wildman–Crippen MR) is 153 cm³/mol. The molecule has 0 heterocycles. The second-order valence-electron chi connectivity index (χ2n) is 10.9. The van der Waals surface area contributed by atoms with Gasteiger partial charge < -0.3 is 10.2 Å². The van der Waals surface area contributed by atoms with E-state index in [2.05, 4.69) is 13.8 Å². The van der Waals surface area contributed by atoms with Gasteiger partial charge in [-0.25, -0.2) is 4.79 Å². The van der Waals surface area contributed by atoms with Crippen molar-refractivity contribution < 1.29 is 15.0 Å². The molecule has 3 heteroatoms. The second kappa shape index (κ2) is 27.6. The first-order valence-corrected chi connectivity index (χ1v) is 15.8. The number of hydrogen-bond acceptors (Lipinski definition) is 2. The van der Waals surface area contributed by atoms with Crippen molar-refractivity contribution in [2.24, 2.45) is 0 Å². The summed E-state index contributed by atoms with van der Waals surface area (Å²) in [4.78, 5) is 11.6. The standard InChI is InChI=1S/C32H62O3/c1-3-5-7-9-11-13-15-17-19-21-23-25-27-29-31(33)30(32(34)35)28-26-24-22-20-18-16-14-12-10-8-6-4-2/h33H,3-29H2,1-2H3,(H,34,35). The Morgan fingerprint density at radius 2 is 0.657 bits per heavy atom. The lowest BCUT2D eigenvalue weighted by Gasteiger charge is -2.08. The van der Waals surface area contributed by atoms with Crippen LogP contribution in [0, 0.1) is 0 Å². The summed E-state index contributed by atoms with van der Waals surface area (Å²) in [6.45, 7) is 4.53. The Balaban J connectivity index is 3.67. The topological polar surface area (TPSA) is 57.5 Å². The van der Waals surface area contributed by atoms with Gasteiger partial charge in [-0.15, -0.1) is 0 Å². The first kappa shape index (κ1) is 34.0. The molecule has 0 aromatic heterocycles. The Kier molecular flexibility index (Phi) is 26.8. The fourth-order valence-electron chi connectivity index (χ4n) is 4.98. The lowest BCUT2D eigenvalue weighted by atomic mass is 10.0. The number of carbonyl (C=O) groups is 1. The summed E-state index contributed by atoms with van der Waals surface area (Å²) >= 11 is 0. The van der Waals surface area contributed by atoms with Crippen molar-refractivity contribution in [3.8, 4) is 0 Å². The highest BCUT2D eigenvalue weighted by Crippen LogP contribution is 2.20. The van der Waals surface area contributed by atoms with Crippen molar-refractivity contribution in [2.75, 3.05) is 0 Å². The number of hydrogen-bond donors (Lipinski definition) is 2. The molecule has 2 N–H and O–H groups in total. The van der Waals surface area contributed by atoms with Crippen LogP contribution in [0.2, 0.25) is 0 Å². The zero-order valence-electron chi connectivity index (χ0n) is 23.9. The van der Waals surface area contributed by atoms with Crippen LogP contribution in [-0.2, 0) is 4.79 Å². The predicted octanol–water partition coefficient (Wildman–Crippen LogP) is 11.5. The average Bonchev–Trinajstić information content (AvgIpc) is 2.84. The van der Waals surface area contributed by atoms with E-state index in [0.717, 1.165) is 25.7 Å². The van der Waals surface area contributed by atoms with Crippen molar-refractivity contribution in [3.63, 3.8) is 0 Å². The maximum absolute atomic E-state index is 11.6. The minimum Gasteiger partial charge on any atom is -0.512 e. The summed E-state index contributed by atoms with van der Waals surface area (Å²) in [5, 5.41) is 19.8. The molecule has 0 spiro atoms. The molecule has 35 heavy (non-hydrogen) atoms. The Bertz CT molecular complexity index is 483. The van der Waals surface area contributed by atoms with E-state index in [4.69, 9.17) is 0 Å². The van der Waals surface area contributed by atoms with E-state index in [1.807, 2.05) is 0 Å². The van der Waals surface area contributed by atoms with E-state index in [1.165, 1.54) is 135 Å². The summed E-state index contributed by atoms with van der Waals surface area (Å²) in [6.07, 6.45) is 33.1. The molecular formula is C32H62O3. The summed E-state index contributed by atoms with van der Waals surface area (Å²) in [5.74, 6) is -0.802. The lowest BCUT2D eigenvalue weighted by molar-refractivity contribution is -0.133. The monoisotopic (exact) mass is 494 g/mol. The highest BCUT2D eigenvalue weighted by Gasteiger charge is 2.13. The molecule has 0 unspecified atom stereocenters. The van der Waals surface area contributed by atoms with Crippen LogP contribution in [0.3, 0.4) is 0 Å². The Morgan fingerprint density at radius 1 is 0.400 bits per heavy atom. The van der Waals surface area contributed by atoms with Gasteiger partial charge >= 0.3 is 5.97 Å². The van der Waals surface area contributed by atoms with Crippen LogP contribution in [-0.4, -0.2) is 16.2 Å². The molecule has 0 aliphatic carbocycles. The molecule has 0 fully saturated rings. The first-order valence-electron chi connectivity index (χ1n) is 15.8. The van der Waals surface area contributed by atoms with Gasteiger partial charge in [0, 0.05) is 6.42 Å². The van der Waals surface area contributed by atoms with Gasteiger partial charge in [-0.1, -0.05) is 162 Å². The Hall–Kier alpha value is -0.990. The molecule has 0 aliphatic heterocycles. The highest BCUT2D eigenvalue weighted by molar-refractivity contribution is 5.87. The van der Waals surface area contributed by atoms with Crippen molar-refractivity contribution in [1.82, 2.24) is 0 Å². The number of aliphatic hydroxyl groups is 1. The van der Waals surface area contributed by atoms with Crippen LogP contribution in [0.5, 0.6) is 0 Å². The minimum absolute atomic E-state index is 0.128. The fraction of sp³-hybridized carbons (Fsp3) is 0.906. The molecule has 3 nitrogen and oxygen atoms in total. The zero-order chi connectivity index (χ0) is 25.8. The van der Waals surface area contributed by atoms with Crippen LogP contribution < -0.4 is 0 Å². The third-order valence-corrected chi connectivity index (χ3v) is 7.40. The van der Waals surface area contributed by atoms with Crippen LogP contribution in [0.1, 0.15) is 187 Å². The minimum atomic E-state index is -0.930. The summed E-state index contributed by atoms with van der Waals surface area (Å²) in [6, 6.07) is 0. The van der Waals surface area contributed by atoms with Crippen molar-refractivity contribution in [2.45, 2.75) is 187 Å². The molecule has 0 rings (SSSR count). The quantitative estimate of drug-likeness (QED) is 0.0645. The number of allylic oxidation sites excluding steroid dienone is 1. The maximum atomic E-state index is 11.6. The van der Waals surface area contributed by atoms with E-state index in [1.54, 1.807) is 0 Å². The van der Waals surface area contributed by atoms with Crippen LogP contribution >= 0.6 is 0 Å². The van der Waals surface area contributed by atoms with Gasteiger partial charge in [0.1, 0.15) is 5.76 Å². The number of carboxylic acids is 1. The third-order valence-electron chi connectivity index (χ3n) is 7.40. The molecule has 208 valence electrons. The molecule has 0 saturated heterocycles. The fourth-order valence-corrected chi connectivity index (χ4v) is 4.98. The molecular weight excluding hydrogens is 432 g/mol.